The second kappa shape index (κ2) is 8.43. The van der Waals surface area contributed by atoms with Gasteiger partial charge in [-0.3, -0.25) is 14.4 Å². The largest absolute Gasteiger partial charge is 0.452 e. The third-order valence-electron chi connectivity index (χ3n) is 4.16. The summed E-state index contributed by atoms with van der Waals surface area (Å²) in [5.74, 6) is -1.11. The van der Waals surface area contributed by atoms with E-state index in [0.717, 1.165) is 16.7 Å². The summed E-state index contributed by atoms with van der Waals surface area (Å²) in [6, 6.07) is 12.5. The maximum Gasteiger partial charge on any atom is 0.311 e. The van der Waals surface area contributed by atoms with Crippen molar-refractivity contribution in [1.82, 2.24) is 0 Å². The molecule has 2 aromatic rings. The first kappa shape index (κ1) is 19.4. The lowest BCUT2D eigenvalue weighted by atomic mass is 10.0. The molecule has 0 aliphatic rings. The monoisotopic (exact) mass is 353 g/mol. The van der Waals surface area contributed by atoms with Crippen LogP contribution >= 0.6 is 0 Å². The molecule has 0 bridgehead atoms. The van der Waals surface area contributed by atoms with Gasteiger partial charge in [0.1, 0.15) is 0 Å². The molecule has 0 fully saturated rings. The van der Waals surface area contributed by atoms with Crippen molar-refractivity contribution in [2.75, 3.05) is 5.32 Å². The predicted molar refractivity (Wildman–Crippen MR) is 100 cm³/mol. The lowest BCUT2D eigenvalue weighted by Crippen LogP contribution is -2.31. The Balaban J connectivity index is 1.97. The number of hydrogen-bond acceptors (Lipinski definition) is 4. The van der Waals surface area contributed by atoms with Gasteiger partial charge >= 0.3 is 5.97 Å². The number of ether oxygens (including phenoxy) is 1. The van der Waals surface area contributed by atoms with Gasteiger partial charge in [0.05, 0.1) is 12.1 Å². The topological polar surface area (TPSA) is 72.5 Å². The number of nitrogens with one attached hydrogen (secondary N) is 1. The number of benzene rings is 2. The molecule has 1 amide bonds. The van der Waals surface area contributed by atoms with E-state index in [9.17, 15) is 14.4 Å². The Kier molecular flexibility index (Phi) is 6.28. The summed E-state index contributed by atoms with van der Waals surface area (Å²) in [7, 11) is 0. The third-order valence-corrected chi connectivity index (χ3v) is 4.16. The Hall–Kier alpha value is -2.95. The maximum absolute atomic E-state index is 12.3. The summed E-state index contributed by atoms with van der Waals surface area (Å²) in [6.45, 7) is 6.91. The molecule has 0 aliphatic heterocycles. The number of amides is 1. The molecule has 26 heavy (non-hydrogen) atoms. The van der Waals surface area contributed by atoms with E-state index in [1.54, 1.807) is 24.3 Å². The zero-order chi connectivity index (χ0) is 19.3. The summed E-state index contributed by atoms with van der Waals surface area (Å²) < 4.78 is 5.22. The van der Waals surface area contributed by atoms with Gasteiger partial charge in [-0.05, 0) is 56.5 Å². The number of rotatable bonds is 6. The van der Waals surface area contributed by atoms with E-state index in [2.05, 4.69) is 5.32 Å². The van der Waals surface area contributed by atoms with E-state index >= 15 is 0 Å². The molecule has 0 spiro atoms. The molecule has 2 aromatic carbocycles. The quantitative estimate of drug-likeness (QED) is 0.636. The number of carbonyl (C=O) groups is 3. The molecule has 1 N–H and O–H groups in total. The second-order valence-corrected chi connectivity index (χ2v) is 6.32. The minimum absolute atomic E-state index is 0.1000. The van der Waals surface area contributed by atoms with Crippen molar-refractivity contribution in [3.8, 4) is 0 Å². The summed E-state index contributed by atoms with van der Waals surface area (Å²) in [4.78, 5) is 36.0. The van der Waals surface area contributed by atoms with E-state index in [1.807, 2.05) is 32.0 Å². The van der Waals surface area contributed by atoms with Crippen molar-refractivity contribution in [3.05, 3.63) is 64.7 Å². The Morgan fingerprint density at radius 1 is 1.04 bits per heavy atom. The number of Topliss-reactive ketones (excluding diaryl/α,β-unsaturated/α-hetero) is 1. The fourth-order valence-electron chi connectivity index (χ4n) is 2.51. The average molecular weight is 353 g/mol. The van der Waals surface area contributed by atoms with Gasteiger partial charge in [-0.15, -0.1) is 0 Å². The normalized spacial score (nSPS) is 11.5. The highest BCUT2D eigenvalue weighted by atomic mass is 16.5. The number of aryl methyl sites for hydroxylation is 2. The highest BCUT2D eigenvalue weighted by molar-refractivity contribution is 6.04. The van der Waals surface area contributed by atoms with Crippen LogP contribution in [0, 0.1) is 13.8 Å². The smallest absolute Gasteiger partial charge is 0.311 e. The van der Waals surface area contributed by atoms with Crippen LogP contribution in [0.1, 0.15) is 40.9 Å². The molecular weight excluding hydrogens is 330 g/mol. The second-order valence-electron chi connectivity index (χ2n) is 6.32. The number of anilines is 1. The fraction of sp³-hybridized carbons (Fsp3) is 0.286. The highest BCUT2D eigenvalue weighted by Gasteiger charge is 2.19. The third kappa shape index (κ3) is 5.02. The van der Waals surface area contributed by atoms with Gasteiger partial charge < -0.3 is 10.1 Å². The Morgan fingerprint density at radius 3 is 2.38 bits per heavy atom. The minimum Gasteiger partial charge on any atom is -0.452 e. The van der Waals surface area contributed by atoms with E-state index in [0.29, 0.717) is 11.3 Å². The lowest BCUT2D eigenvalue weighted by Gasteiger charge is -2.15. The summed E-state index contributed by atoms with van der Waals surface area (Å²) in [5, 5.41) is 2.64. The fourth-order valence-corrected chi connectivity index (χ4v) is 2.51. The average Bonchev–Trinajstić information content (AvgIpc) is 2.58. The first-order valence-electron chi connectivity index (χ1n) is 8.44. The van der Waals surface area contributed by atoms with Gasteiger partial charge in [0, 0.05) is 5.56 Å². The predicted octanol–water partition coefficient (Wildman–Crippen LogP) is 3.62. The van der Waals surface area contributed by atoms with Gasteiger partial charge in [-0.25, -0.2) is 0 Å². The molecule has 5 nitrogen and oxygen atoms in total. The number of ketones is 1. The van der Waals surface area contributed by atoms with Crippen LogP contribution < -0.4 is 5.32 Å². The molecule has 0 saturated carbocycles. The molecule has 0 aromatic heterocycles. The number of hydrogen-bond donors (Lipinski definition) is 1. The first-order chi connectivity index (χ1) is 12.3. The maximum atomic E-state index is 12.3. The molecule has 0 aliphatic carbocycles. The molecule has 0 saturated heterocycles. The molecular formula is C21H23NO4. The Labute approximate surface area is 153 Å². The summed E-state index contributed by atoms with van der Waals surface area (Å²) >= 11 is 0. The zero-order valence-corrected chi connectivity index (χ0v) is 15.5. The SMILES string of the molecule is CC(=O)c1ccccc1NC(=O)[C@@H](C)OC(=O)Cc1ccc(C)c(C)c1. The standard InChI is InChI=1S/C21H23NO4/c1-13-9-10-17(11-14(13)2)12-20(24)26-16(4)21(25)22-19-8-6-5-7-18(19)15(3)23/h5-11,16H,12H2,1-4H3,(H,22,25)/t16-/m1/s1. The highest BCUT2D eigenvalue weighted by Crippen LogP contribution is 2.16. The summed E-state index contributed by atoms with van der Waals surface area (Å²) in [6.07, 6.45) is -0.864. The van der Waals surface area contributed by atoms with Gasteiger partial charge in [0.15, 0.2) is 11.9 Å². The van der Waals surface area contributed by atoms with Crippen molar-refractivity contribution in [2.45, 2.75) is 40.2 Å². The van der Waals surface area contributed by atoms with Crippen molar-refractivity contribution in [1.29, 1.82) is 0 Å². The van der Waals surface area contributed by atoms with E-state index in [4.69, 9.17) is 4.74 Å². The minimum atomic E-state index is -0.964. The molecule has 2 rings (SSSR count). The van der Waals surface area contributed by atoms with E-state index in [-0.39, 0.29) is 12.2 Å². The van der Waals surface area contributed by atoms with Crippen molar-refractivity contribution < 1.29 is 19.1 Å². The van der Waals surface area contributed by atoms with Gasteiger partial charge in [0.2, 0.25) is 0 Å². The van der Waals surface area contributed by atoms with Crippen molar-refractivity contribution in [2.24, 2.45) is 0 Å². The van der Waals surface area contributed by atoms with Gasteiger partial charge in [-0.2, -0.15) is 0 Å². The van der Waals surface area contributed by atoms with Crippen molar-refractivity contribution in [3.63, 3.8) is 0 Å². The summed E-state index contributed by atoms with van der Waals surface area (Å²) in [5.41, 5.74) is 3.91. The van der Waals surface area contributed by atoms with E-state index < -0.39 is 18.0 Å². The molecule has 0 heterocycles. The van der Waals surface area contributed by atoms with Crippen LogP contribution in [0.2, 0.25) is 0 Å². The van der Waals surface area contributed by atoms with Crippen LogP contribution in [0.15, 0.2) is 42.5 Å². The van der Waals surface area contributed by atoms with Gasteiger partial charge in [0.25, 0.3) is 5.91 Å². The Morgan fingerprint density at radius 2 is 1.73 bits per heavy atom. The van der Waals surface area contributed by atoms with Crippen molar-refractivity contribution >= 4 is 23.3 Å². The Bertz CT molecular complexity index is 842. The number of carbonyl (C=O) groups excluding carboxylic acids is 3. The van der Waals surface area contributed by atoms with Crippen LogP contribution in [0.5, 0.6) is 0 Å². The number of para-hydroxylation sites is 1. The molecule has 136 valence electrons. The van der Waals surface area contributed by atoms with Gasteiger partial charge in [-0.1, -0.05) is 30.3 Å². The van der Waals surface area contributed by atoms with Crippen LogP contribution in [0.3, 0.4) is 0 Å². The first-order valence-corrected chi connectivity index (χ1v) is 8.44. The van der Waals surface area contributed by atoms with Crippen LogP contribution in [0.25, 0.3) is 0 Å². The van der Waals surface area contributed by atoms with Crippen LogP contribution in [-0.4, -0.2) is 23.8 Å². The lowest BCUT2D eigenvalue weighted by molar-refractivity contribution is -0.152. The molecule has 0 radical (unpaired) electrons. The molecule has 1 atom stereocenters. The molecule has 0 unspecified atom stereocenters. The van der Waals surface area contributed by atoms with Crippen LogP contribution in [-0.2, 0) is 20.7 Å². The van der Waals surface area contributed by atoms with Crippen LogP contribution in [0.4, 0.5) is 5.69 Å². The zero-order valence-electron chi connectivity index (χ0n) is 15.5. The van der Waals surface area contributed by atoms with E-state index in [1.165, 1.54) is 13.8 Å². The number of esters is 1. The molecule has 5 heteroatoms.